The minimum atomic E-state index is -0.358. The van der Waals surface area contributed by atoms with Gasteiger partial charge < -0.3 is 10.1 Å². The second-order valence-corrected chi connectivity index (χ2v) is 4.74. The number of esters is 1. The molecule has 1 N–H and O–H groups in total. The van der Waals surface area contributed by atoms with Gasteiger partial charge in [-0.15, -0.1) is 0 Å². The van der Waals surface area contributed by atoms with Crippen LogP contribution in [0.2, 0.25) is 0 Å². The molecular formula is C13H23N3O2. The van der Waals surface area contributed by atoms with Crippen molar-refractivity contribution in [2.75, 3.05) is 6.61 Å². The van der Waals surface area contributed by atoms with Crippen LogP contribution < -0.4 is 5.32 Å². The summed E-state index contributed by atoms with van der Waals surface area (Å²) in [5.41, 5.74) is 2.01. The van der Waals surface area contributed by atoms with E-state index in [0.29, 0.717) is 13.2 Å². The van der Waals surface area contributed by atoms with Crippen LogP contribution in [0.5, 0.6) is 0 Å². The molecule has 0 bridgehead atoms. The Morgan fingerprint density at radius 3 is 2.61 bits per heavy atom. The summed E-state index contributed by atoms with van der Waals surface area (Å²) in [6.45, 7) is 10.6. The summed E-state index contributed by atoms with van der Waals surface area (Å²) in [6, 6.07) is 1.86. The van der Waals surface area contributed by atoms with Gasteiger partial charge >= 0.3 is 5.97 Å². The lowest BCUT2D eigenvalue weighted by atomic mass is 10.2. The second kappa shape index (κ2) is 6.54. The average molecular weight is 253 g/mol. The maximum atomic E-state index is 11.9. The summed E-state index contributed by atoms with van der Waals surface area (Å²) in [7, 11) is 0. The van der Waals surface area contributed by atoms with Crippen LogP contribution in [-0.4, -0.2) is 34.4 Å². The quantitative estimate of drug-likeness (QED) is 0.779. The Hall–Kier alpha value is -1.36. The van der Waals surface area contributed by atoms with Crippen LogP contribution >= 0.6 is 0 Å². The monoisotopic (exact) mass is 253 g/mol. The molecule has 5 nitrogen and oxygen atoms in total. The molecule has 0 radical (unpaired) electrons. The van der Waals surface area contributed by atoms with Crippen molar-refractivity contribution in [3.05, 3.63) is 17.5 Å². The lowest BCUT2D eigenvalue weighted by molar-refractivity contribution is -0.146. The van der Waals surface area contributed by atoms with Crippen LogP contribution in [0.25, 0.3) is 0 Å². The summed E-state index contributed by atoms with van der Waals surface area (Å²) in [6.07, 6.45) is 0. The predicted octanol–water partition coefficient (Wildman–Crippen LogP) is 1.43. The first kappa shape index (κ1) is 14.7. The minimum absolute atomic E-state index is 0.219. The van der Waals surface area contributed by atoms with E-state index in [2.05, 4.69) is 10.4 Å². The molecule has 1 rings (SSSR count). The van der Waals surface area contributed by atoms with E-state index >= 15 is 0 Å². The molecule has 0 spiro atoms. The zero-order valence-electron chi connectivity index (χ0n) is 11.9. The number of nitrogens with zero attached hydrogens (tertiary/aromatic N) is 2. The van der Waals surface area contributed by atoms with E-state index in [1.54, 1.807) is 0 Å². The fraction of sp³-hybridized carbons (Fsp3) is 0.692. The summed E-state index contributed by atoms with van der Waals surface area (Å²) >= 11 is 0. The molecule has 1 aromatic rings. The van der Waals surface area contributed by atoms with Gasteiger partial charge in [0.2, 0.25) is 0 Å². The van der Waals surface area contributed by atoms with Gasteiger partial charge in [0.25, 0.3) is 0 Å². The van der Waals surface area contributed by atoms with E-state index in [1.165, 1.54) is 0 Å². The van der Waals surface area contributed by atoms with E-state index in [-0.39, 0.29) is 18.1 Å². The number of carbonyl (C=O) groups is 1. The first-order valence-electron chi connectivity index (χ1n) is 6.37. The molecule has 18 heavy (non-hydrogen) atoms. The first-order valence-corrected chi connectivity index (χ1v) is 6.37. The van der Waals surface area contributed by atoms with Gasteiger partial charge in [0.05, 0.1) is 18.8 Å². The van der Waals surface area contributed by atoms with Crippen molar-refractivity contribution >= 4 is 5.97 Å². The smallest absolute Gasteiger partial charge is 0.325 e. The van der Waals surface area contributed by atoms with Crippen LogP contribution in [0, 0.1) is 13.8 Å². The third-order valence-electron chi connectivity index (χ3n) is 2.56. The Morgan fingerprint density at radius 1 is 1.50 bits per heavy atom. The molecule has 1 atom stereocenters. The highest BCUT2D eigenvalue weighted by Crippen LogP contribution is 2.04. The normalized spacial score (nSPS) is 12.8. The fourth-order valence-electron chi connectivity index (χ4n) is 1.87. The van der Waals surface area contributed by atoms with Gasteiger partial charge in [-0.05, 0) is 26.8 Å². The van der Waals surface area contributed by atoms with Crippen molar-refractivity contribution in [3.8, 4) is 0 Å². The molecular weight excluding hydrogens is 230 g/mol. The zero-order chi connectivity index (χ0) is 13.7. The first-order chi connectivity index (χ1) is 8.43. The molecule has 1 heterocycles. The Labute approximate surface area is 109 Å². The number of hydrogen-bond acceptors (Lipinski definition) is 4. The van der Waals surface area contributed by atoms with Crippen molar-refractivity contribution in [1.29, 1.82) is 0 Å². The van der Waals surface area contributed by atoms with Gasteiger partial charge in [0.1, 0.15) is 6.04 Å². The molecule has 0 aliphatic heterocycles. The van der Waals surface area contributed by atoms with Crippen LogP contribution in [0.1, 0.15) is 32.2 Å². The predicted molar refractivity (Wildman–Crippen MR) is 70.4 cm³/mol. The molecule has 102 valence electrons. The standard InChI is InChI=1S/C13H23N3O2/c1-6-18-13(17)12(14-9(2)3)8-16-11(5)7-10(4)15-16/h7,9,12,14H,6,8H2,1-5H3. The van der Waals surface area contributed by atoms with Crippen molar-refractivity contribution in [3.63, 3.8) is 0 Å². The number of nitrogens with one attached hydrogen (secondary N) is 1. The minimum Gasteiger partial charge on any atom is -0.465 e. The summed E-state index contributed by atoms with van der Waals surface area (Å²) in [5.74, 6) is -0.223. The Kier molecular flexibility index (Phi) is 5.34. The van der Waals surface area contributed by atoms with E-state index in [4.69, 9.17) is 4.74 Å². The third-order valence-corrected chi connectivity index (χ3v) is 2.56. The molecule has 0 amide bonds. The highest BCUT2D eigenvalue weighted by Gasteiger charge is 2.22. The molecule has 5 heteroatoms. The van der Waals surface area contributed by atoms with E-state index in [0.717, 1.165) is 11.4 Å². The molecule has 0 aliphatic carbocycles. The topological polar surface area (TPSA) is 56.2 Å². The summed E-state index contributed by atoms with van der Waals surface area (Å²) in [4.78, 5) is 11.9. The molecule has 0 aliphatic rings. The Bertz CT molecular complexity index is 399. The fourth-order valence-corrected chi connectivity index (χ4v) is 1.87. The van der Waals surface area contributed by atoms with Crippen molar-refractivity contribution in [2.45, 2.75) is 53.2 Å². The molecule has 0 fully saturated rings. The molecule has 0 saturated heterocycles. The number of aromatic nitrogens is 2. The van der Waals surface area contributed by atoms with Crippen molar-refractivity contribution < 1.29 is 9.53 Å². The van der Waals surface area contributed by atoms with Crippen LogP contribution in [0.3, 0.4) is 0 Å². The number of carbonyl (C=O) groups excluding carboxylic acids is 1. The number of hydrogen-bond donors (Lipinski definition) is 1. The van der Waals surface area contributed by atoms with Gasteiger partial charge in [-0.3, -0.25) is 9.48 Å². The summed E-state index contributed by atoms with van der Waals surface area (Å²) in [5, 5.41) is 7.58. The van der Waals surface area contributed by atoms with Gasteiger partial charge in [-0.2, -0.15) is 5.10 Å². The van der Waals surface area contributed by atoms with Crippen LogP contribution in [0.15, 0.2) is 6.07 Å². The van der Waals surface area contributed by atoms with Crippen molar-refractivity contribution in [1.82, 2.24) is 15.1 Å². The Morgan fingerprint density at radius 2 is 2.17 bits per heavy atom. The number of aryl methyl sites for hydroxylation is 2. The second-order valence-electron chi connectivity index (χ2n) is 4.74. The lowest BCUT2D eigenvalue weighted by Crippen LogP contribution is -2.45. The number of rotatable bonds is 6. The zero-order valence-corrected chi connectivity index (χ0v) is 11.9. The van der Waals surface area contributed by atoms with Crippen LogP contribution in [-0.2, 0) is 16.1 Å². The van der Waals surface area contributed by atoms with Gasteiger partial charge in [0.15, 0.2) is 0 Å². The van der Waals surface area contributed by atoms with E-state index in [9.17, 15) is 4.79 Å². The van der Waals surface area contributed by atoms with E-state index < -0.39 is 0 Å². The maximum Gasteiger partial charge on any atom is 0.325 e. The summed E-state index contributed by atoms with van der Waals surface area (Å²) < 4.78 is 6.92. The van der Waals surface area contributed by atoms with Gasteiger partial charge in [-0.25, -0.2) is 0 Å². The largest absolute Gasteiger partial charge is 0.465 e. The van der Waals surface area contributed by atoms with Gasteiger partial charge in [0, 0.05) is 11.7 Å². The average Bonchev–Trinajstić information content (AvgIpc) is 2.56. The molecule has 1 aromatic heterocycles. The molecule has 0 saturated carbocycles. The van der Waals surface area contributed by atoms with Crippen molar-refractivity contribution in [2.24, 2.45) is 0 Å². The molecule has 1 unspecified atom stereocenters. The van der Waals surface area contributed by atoms with E-state index in [1.807, 2.05) is 45.4 Å². The number of ether oxygens (including phenoxy) is 1. The SMILES string of the molecule is CCOC(=O)C(Cn1nc(C)cc1C)NC(C)C. The highest BCUT2D eigenvalue weighted by atomic mass is 16.5. The third kappa shape index (κ3) is 4.14. The molecule has 0 aromatic carbocycles. The van der Waals surface area contributed by atoms with Crippen LogP contribution in [0.4, 0.5) is 0 Å². The highest BCUT2D eigenvalue weighted by molar-refractivity contribution is 5.75. The Balaban J connectivity index is 2.77. The van der Waals surface area contributed by atoms with Gasteiger partial charge in [-0.1, -0.05) is 13.8 Å². The lowest BCUT2D eigenvalue weighted by Gasteiger charge is -2.20. The maximum absolute atomic E-state index is 11.9.